The van der Waals surface area contributed by atoms with Gasteiger partial charge in [0.25, 0.3) is 5.91 Å². The molecular formula is C23H21N5O3. The first kappa shape index (κ1) is 20.1. The zero-order valence-corrected chi connectivity index (χ0v) is 17.4. The van der Waals surface area contributed by atoms with Gasteiger partial charge in [0.05, 0.1) is 25.2 Å². The minimum atomic E-state index is -0.243. The number of carbonyl (C=O) groups is 2. The number of hydrogen-bond donors (Lipinski definition) is 1. The van der Waals surface area contributed by atoms with Crippen molar-refractivity contribution in [2.24, 2.45) is 0 Å². The Kier molecular flexibility index (Phi) is 5.36. The zero-order valence-electron chi connectivity index (χ0n) is 17.4. The van der Waals surface area contributed by atoms with Crippen LogP contribution in [0.5, 0.6) is 5.75 Å². The number of imidazole rings is 1. The Bertz CT molecular complexity index is 1250. The summed E-state index contributed by atoms with van der Waals surface area (Å²) in [4.78, 5) is 34.4. The number of amides is 2. The molecule has 0 aliphatic heterocycles. The third-order valence-corrected chi connectivity index (χ3v) is 4.88. The fraction of sp³-hybridized carbons (Fsp3) is 0.130. The lowest BCUT2D eigenvalue weighted by atomic mass is 10.1. The number of anilines is 2. The Morgan fingerprint density at radius 1 is 1.00 bits per heavy atom. The minimum absolute atomic E-state index is 0.127. The van der Waals surface area contributed by atoms with E-state index in [4.69, 9.17) is 4.74 Å². The van der Waals surface area contributed by atoms with E-state index in [9.17, 15) is 9.59 Å². The molecule has 2 heterocycles. The van der Waals surface area contributed by atoms with Gasteiger partial charge in [0.2, 0.25) is 5.91 Å². The van der Waals surface area contributed by atoms with Crippen molar-refractivity contribution in [2.75, 3.05) is 24.4 Å². The number of nitrogens with zero attached hydrogens (tertiary/aromatic N) is 4. The van der Waals surface area contributed by atoms with Gasteiger partial charge in [-0.05, 0) is 36.4 Å². The summed E-state index contributed by atoms with van der Waals surface area (Å²) < 4.78 is 7.00. The minimum Gasteiger partial charge on any atom is -0.497 e. The SMILES string of the molecule is COc1ccc(N(C)C(=O)c2cn3c(-c4ccc(NC(C)=O)cc4)cnc3cn2)cc1. The number of nitrogens with one attached hydrogen (secondary N) is 1. The molecule has 0 saturated heterocycles. The molecular weight excluding hydrogens is 394 g/mol. The normalized spacial score (nSPS) is 10.7. The second kappa shape index (κ2) is 8.27. The first-order valence-electron chi connectivity index (χ1n) is 9.59. The van der Waals surface area contributed by atoms with E-state index < -0.39 is 0 Å². The van der Waals surface area contributed by atoms with Crippen LogP contribution in [0.15, 0.2) is 67.1 Å². The maximum absolute atomic E-state index is 13.0. The van der Waals surface area contributed by atoms with Crippen LogP contribution in [0.2, 0.25) is 0 Å². The first-order valence-corrected chi connectivity index (χ1v) is 9.59. The van der Waals surface area contributed by atoms with Crippen molar-refractivity contribution >= 4 is 28.8 Å². The molecule has 0 radical (unpaired) electrons. The number of fused-ring (bicyclic) bond motifs is 1. The van der Waals surface area contributed by atoms with Gasteiger partial charge in [-0.2, -0.15) is 0 Å². The molecule has 0 fully saturated rings. The zero-order chi connectivity index (χ0) is 22.0. The predicted octanol–water partition coefficient (Wildman–Crippen LogP) is 3.64. The van der Waals surface area contributed by atoms with E-state index in [1.807, 2.05) is 40.8 Å². The molecule has 8 nitrogen and oxygen atoms in total. The van der Waals surface area contributed by atoms with Gasteiger partial charge >= 0.3 is 0 Å². The molecule has 4 aromatic rings. The van der Waals surface area contributed by atoms with Crippen molar-refractivity contribution in [1.29, 1.82) is 0 Å². The fourth-order valence-corrected chi connectivity index (χ4v) is 3.24. The molecule has 1 N–H and O–H groups in total. The third kappa shape index (κ3) is 4.09. The van der Waals surface area contributed by atoms with Gasteiger partial charge in [-0.3, -0.25) is 14.0 Å². The summed E-state index contributed by atoms with van der Waals surface area (Å²) in [7, 11) is 3.30. The van der Waals surface area contributed by atoms with Crippen molar-refractivity contribution in [2.45, 2.75) is 6.92 Å². The molecule has 31 heavy (non-hydrogen) atoms. The van der Waals surface area contributed by atoms with E-state index in [1.54, 1.807) is 44.9 Å². The maximum atomic E-state index is 13.0. The molecule has 0 aliphatic carbocycles. The Morgan fingerprint density at radius 2 is 1.71 bits per heavy atom. The third-order valence-electron chi connectivity index (χ3n) is 4.88. The molecule has 0 saturated carbocycles. The number of ether oxygens (including phenoxy) is 1. The van der Waals surface area contributed by atoms with Crippen LogP contribution < -0.4 is 15.0 Å². The average molecular weight is 415 g/mol. The highest BCUT2D eigenvalue weighted by Crippen LogP contribution is 2.24. The first-order chi connectivity index (χ1) is 15.0. The van der Waals surface area contributed by atoms with Crippen LogP contribution in [-0.2, 0) is 4.79 Å². The Morgan fingerprint density at radius 3 is 2.35 bits per heavy atom. The Hall–Kier alpha value is -4.20. The van der Waals surface area contributed by atoms with E-state index in [-0.39, 0.29) is 11.8 Å². The van der Waals surface area contributed by atoms with Crippen LogP contribution in [-0.4, -0.2) is 40.3 Å². The molecule has 8 heteroatoms. The second-order valence-electron chi connectivity index (χ2n) is 6.96. The van der Waals surface area contributed by atoms with Crippen LogP contribution in [0.25, 0.3) is 16.9 Å². The van der Waals surface area contributed by atoms with Gasteiger partial charge < -0.3 is 15.0 Å². The summed E-state index contributed by atoms with van der Waals surface area (Å²) in [5.41, 5.74) is 4.07. The van der Waals surface area contributed by atoms with Gasteiger partial charge in [-0.25, -0.2) is 9.97 Å². The second-order valence-corrected chi connectivity index (χ2v) is 6.96. The summed E-state index contributed by atoms with van der Waals surface area (Å²) in [6.45, 7) is 1.47. The summed E-state index contributed by atoms with van der Waals surface area (Å²) in [5, 5.41) is 2.74. The van der Waals surface area contributed by atoms with Crippen molar-refractivity contribution in [3.8, 4) is 17.0 Å². The highest BCUT2D eigenvalue weighted by atomic mass is 16.5. The summed E-state index contributed by atoms with van der Waals surface area (Å²) >= 11 is 0. The molecule has 2 amide bonds. The molecule has 2 aromatic carbocycles. The van der Waals surface area contributed by atoms with Crippen LogP contribution in [0.3, 0.4) is 0 Å². The van der Waals surface area contributed by atoms with Crippen molar-refractivity contribution in [1.82, 2.24) is 14.4 Å². The smallest absolute Gasteiger partial charge is 0.278 e. The molecule has 0 atom stereocenters. The van der Waals surface area contributed by atoms with Crippen LogP contribution in [0.1, 0.15) is 17.4 Å². The number of aromatic nitrogens is 3. The number of carbonyl (C=O) groups excluding carboxylic acids is 2. The van der Waals surface area contributed by atoms with E-state index in [0.29, 0.717) is 17.0 Å². The van der Waals surface area contributed by atoms with Crippen molar-refractivity contribution in [3.05, 3.63) is 72.8 Å². The highest BCUT2D eigenvalue weighted by Gasteiger charge is 2.17. The topological polar surface area (TPSA) is 88.8 Å². The molecule has 4 rings (SSSR count). The molecule has 0 unspecified atom stereocenters. The summed E-state index contributed by atoms with van der Waals surface area (Å²) in [5.74, 6) is 0.349. The Labute approximate surface area is 179 Å². The lowest BCUT2D eigenvalue weighted by molar-refractivity contribution is -0.114. The molecule has 0 spiro atoms. The van der Waals surface area contributed by atoms with Gasteiger partial charge in [0.15, 0.2) is 5.65 Å². The number of methoxy groups -OCH3 is 1. The molecule has 0 bridgehead atoms. The molecule has 0 aliphatic rings. The summed E-state index contributed by atoms with van der Waals surface area (Å²) in [6, 6.07) is 14.6. The standard InChI is InChI=1S/C23H21N5O3/c1-15(29)26-17-6-4-16(5-7-17)21-12-25-22-13-24-20(14-28(21)22)23(30)27(2)18-8-10-19(31-3)11-9-18/h4-14H,1-3H3,(H,26,29). The Balaban J connectivity index is 1.64. The van der Waals surface area contributed by atoms with Gasteiger partial charge in [0, 0.05) is 37.1 Å². The largest absolute Gasteiger partial charge is 0.497 e. The molecule has 2 aromatic heterocycles. The summed E-state index contributed by atoms with van der Waals surface area (Å²) in [6.07, 6.45) is 4.98. The van der Waals surface area contributed by atoms with Gasteiger partial charge in [-0.15, -0.1) is 0 Å². The van der Waals surface area contributed by atoms with E-state index in [1.165, 1.54) is 11.8 Å². The van der Waals surface area contributed by atoms with Crippen LogP contribution in [0, 0.1) is 0 Å². The predicted molar refractivity (Wildman–Crippen MR) is 118 cm³/mol. The quantitative estimate of drug-likeness (QED) is 0.538. The molecule has 156 valence electrons. The fourth-order valence-electron chi connectivity index (χ4n) is 3.24. The average Bonchev–Trinajstić information content (AvgIpc) is 3.21. The van der Waals surface area contributed by atoms with Crippen LogP contribution >= 0.6 is 0 Å². The monoisotopic (exact) mass is 415 g/mol. The van der Waals surface area contributed by atoms with Gasteiger partial charge in [-0.1, -0.05) is 12.1 Å². The van der Waals surface area contributed by atoms with Crippen molar-refractivity contribution < 1.29 is 14.3 Å². The number of rotatable bonds is 5. The van der Waals surface area contributed by atoms with Gasteiger partial charge in [0.1, 0.15) is 11.4 Å². The number of benzene rings is 2. The lowest BCUT2D eigenvalue weighted by Gasteiger charge is -2.17. The van der Waals surface area contributed by atoms with Crippen molar-refractivity contribution in [3.63, 3.8) is 0 Å². The maximum Gasteiger partial charge on any atom is 0.278 e. The highest BCUT2D eigenvalue weighted by molar-refractivity contribution is 6.04. The van der Waals surface area contributed by atoms with E-state index >= 15 is 0 Å². The number of hydrogen-bond acceptors (Lipinski definition) is 5. The van der Waals surface area contributed by atoms with Crippen LogP contribution in [0.4, 0.5) is 11.4 Å². The lowest BCUT2D eigenvalue weighted by Crippen LogP contribution is -2.27. The van der Waals surface area contributed by atoms with E-state index in [0.717, 1.165) is 22.7 Å². The van der Waals surface area contributed by atoms with E-state index in [2.05, 4.69) is 15.3 Å².